The Kier molecular flexibility index (Phi) is 7.40. The van der Waals surface area contributed by atoms with Crippen LogP contribution in [0.3, 0.4) is 0 Å². The van der Waals surface area contributed by atoms with Gasteiger partial charge in [-0.25, -0.2) is 13.1 Å². The molecule has 0 spiro atoms. The van der Waals surface area contributed by atoms with E-state index in [9.17, 15) is 8.42 Å². The number of aromatic nitrogens is 3. The van der Waals surface area contributed by atoms with Gasteiger partial charge >= 0.3 is 0 Å². The summed E-state index contributed by atoms with van der Waals surface area (Å²) in [7, 11) is -3.56. The van der Waals surface area contributed by atoms with Crippen molar-refractivity contribution in [1.82, 2.24) is 19.2 Å². The van der Waals surface area contributed by atoms with Gasteiger partial charge in [0.1, 0.15) is 0 Å². The van der Waals surface area contributed by atoms with Crippen LogP contribution in [-0.2, 0) is 15.8 Å². The molecular formula is C22H29N5O2S2. The van der Waals surface area contributed by atoms with Gasteiger partial charge in [0.05, 0.1) is 4.90 Å². The topological polar surface area (TPSA) is 94.1 Å². The summed E-state index contributed by atoms with van der Waals surface area (Å²) in [5, 5.41) is 8.98. The van der Waals surface area contributed by atoms with Gasteiger partial charge in [0.25, 0.3) is 0 Å². The van der Waals surface area contributed by atoms with Crippen molar-refractivity contribution >= 4 is 21.8 Å². The van der Waals surface area contributed by atoms with Crippen molar-refractivity contribution in [3.05, 3.63) is 59.7 Å². The summed E-state index contributed by atoms with van der Waals surface area (Å²) in [6, 6.07) is 15.2. The first-order chi connectivity index (χ1) is 14.8. The molecule has 31 heavy (non-hydrogen) atoms. The molecule has 0 fully saturated rings. The van der Waals surface area contributed by atoms with Crippen LogP contribution in [0.25, 0.3) is 11.4 Å². The van der Waals surface area contributed by atoms with Crippen LogP contribution in [0.1, 0.15) is 44.7 Å². The minimum Gasteiger partial charge on any atom is -0.335 e. The molecule has 9 heteroatoms. The highest BCUT2D eigenvalue weighted by Gasteiger charge is 2.23. The Labute approximate surface area is 188 Å². The molecule has 0 saturated heterocycles. The van der Waals surface area contributed by atoms with Gasteiger partial charge in [-0.05, 0) is 29.2 Å². The van der Waals surface area contributed by atoms with E-state index < -0.39 is 10.0 Å². The molecule has 0 unspecified atom stereocenters. The second kappa shape index (κ2) is 9.84. The molecule has 7 nitrogen and oxygen atoms in total. The number of nitrogens with zero attached hydrogens (tertiary/aromatic N) is 4. The number of hydrogen-bond donors (Lipinski definition) is 1. The zero-order chi connectivity index (χ0) is 22.6. The third-order valence-electron chi connectivity index (χ3n) is 5.11. The lowest BCUT2D eigenvalue weighted by Gasteiger charge is -2.18. The van der Waals surface area contributed by atoms with Gasteiger partial charge in [0.15, 0.2) is 5.82 Å². The van der Waals surface area contributed by atoms with Crippen LogP contribution in [0.15, 0.2) is 58.6 Å². The predicted molar refractivity (Wildman–Crippen MR) is 126 cm³/mol. The fraction of sp³-hybridized carbons (Fsp3) is 0.364. The first kappa shape index (κ1) is 23.3. The Bertz CT molecular complexity index is 1120. The summed E-state index contributed by atoms with van der Waals surface area (Å²) in [5.74, 6) is 7.88. The molecule has 2 N–H and O–H groups in total. The molecule has 0 aliphatic heterocycles. The summed E-state index contributed by atoms with van der Waals surface area (Å²) in [4.78, 5) is 0.219. The fourth-order valence-electron chi connectivity index (χ4n) is 3.23. The summed E-state index contributed by atoms with van der Waals surface area (Å²) in [6.45, 7) is 8.81. The summed E-state index contributed by atoms with van der Waals surface area (Å²) in [5.41, 5.74) is 3.08. The second-order valence-electron chi connectivity index (χ2n) is 7.48. The largest absolute Gasteiger partial charge is 0.335 e. The average molecular weight is 460 g/mol. The summed E-state index contributed by atoms with van der Waals surface area (Å²) >= 11 is 1.49. The smallest absolute Gasteiger partial charge is 0.243 e. The molecule has 0 amide bonds. The van der Waals surface area contributed by atoms with Crippen molar-refractivity contribution in [1.29, 1.82) is 0 Å². The maximum Gasteiger partial charge on any atom is 0.243 e. The lowest BCUT2D eigenvalue weighted by atomic mass is 10.0. The highest BCUT2D eigenvalue weighted by Crippen LogP contribution is 2.27. The standard InChI is InChI=1S/C22H29N5O2S2/c1-5-26(6-2)31(28,29)20-9-7-8-19(14-20)21-24-25-22(27(21)23)30-15-17-10-12-18(13-11-17)16(3)4/h7-14,16H,5-6,15,23H2,1-4H3. The van der Waals surface area contributed by atoms with Crippen molar-refractivity contribution in [2.45, 2.75) is 49.4 Å². The number of hydrogen-bond acceptors (Lipinski definition) is 6. The van der Waals surface area contributed by atoms with E-state index in [4.69, 9.17) is 5.84 Å². The number of sulfonamides is 1. The van der Waals surface area contributed by atoms with Crippen molar-refractivity contribution in [2.24, 2.45) is 0 Å². The third kappa shape index (κ3) is 5.11. The van der Waals surface area contributed by atoms with Gasteiger partial charge in [0.2, 0.25) is 15.2 Å². The molecule has 1 aromatic heterocycles. The lowest BCUT2D eigenvalue weighted by Crippen LogP contribution is -2.30. The molecule has 0 saturated carbocycles. The molecule has 0 atom stereocenters. The van der Waals surface area contributed by atoms with E-state index in [2.05, 4.69) is 48.3 Å². The molecule has 166 valence electrons. The maximum absolute atomic E-state index is 12.8. The highest BCUT2D eigenvalue weighted by atomic mass is 32.2. The fourth-order valence-corrected chi connectivity index (χ4v) is 5.54. The lowest BCUT2D eigenvalue weighted by molar-refractivity contribution is 0.445. The van der Waals surface area contributed by atoms with E-state index in [1.165, 1.54) is 31.9 Å². The molecule has 0 aliphatic carbocycles. The maximum atomic E-state index is 12.8. The van der Waals surface area contributed by atoms with E-state index in [0.29, 0.717) is 41.3 Å². The van der Waals surface area contributed by atoms with Gasteiger partial charge in [-0.2, -0.15) is 4.31 Å². The quantitative estimate of drug-likeness (QED) is 0.382. The van der Waals surface area contributed by atoms with Gasteiger partial charge < -0.3 is 5.84 Å². The van der Waals surface area contributed by atoms with Crippen LogP contribution in [0.5, 0.6) is 0 Å². The Hall–Kier alpha value is -2.36. The number of benzene rings is 2. The van der Waals surface area contributed by atoms with Crippen molar-refractivity contribution in [2.75, 3.05) is 18.9 Å². The zero-order valence-corrected chi connectivity index (χ0v) is 19.9. The van der Waals surface area contributed by atoms with Crippen molar-refractivity contribution in [3.8, 4) is 11.4 Å². The first-order valence-electron chi connectivity index (χ1n) is 10.3. The molecule has 1 heterocycles. The van der Waals surface area contributed by atoms with Gasteiger partial charge in [-0.15, -0.1) is 10.2 Å². The average Bonchev–Trinajstić information content (AvgIpc) is 3.13. The van der Waals surface area contributed by atoms with E-state index in [-0.39, 0.29) is 4.90 Å². The van der Waals surface area contributed by atoms with Crippen LogP contribution < -0.4 is 5.84 Å². The van der Waals surface area contributed by atoms with E-state index in [0.717, 1.165) is 0 Å². The molecule has 0 bridgehead atoms. The summed E-state index contributed by atoms with van der Waals surface area (Å²) in [6.07, 6.45) is 0. The highest BCUT2D eigenvalue weighted by molar-refractivity contribution is 7.98. The van der Waals surface area contributed by atoms with Crippen molar-refractivity contribution in [3.63, 3.8) is 0 Å². The Morgan fingerprint density at radius 2 is 1.74 bits per heavy atom. The number of thioether (sulfide) groups is 1. The monoisotopic (exact) mass is 459 g/mol. The third-order valence-corrected chi connectivity index (χ3v) is 8.17. The van der Waals surface area contributed by atoms with Crippen LogP contribution in [0.2, 0.25) is 0 Å². The van der Waals surface area contributed by atoms with Crippen LogP contribution in [0, 0.1) is 0 Å². The first-order valence-corrected chi connectivity index (χ1v) is 12.7. The summed E-state index contributed by atoms with van der Waals surface area (Å²) < 4.78 is 28.5. The Morgan fingerprint density at radius 3 is 2.35 bits per heavy atom. The molecular weight excluding hydrogens is 430 g/mol. The number of rotatable bonds is 9. The van der Waals surface area contributed by atoms with Gasteiger partial charge in [-0.1, -0.05) is 75.9 Å². The molecule has 2 aromatic carbocycles. The Balaban J connectivity index is 1.80. The molecule has 0 aliphatic rings. The minimum absolute atomic E-state index is 0.219. The SMILES string of the molecule is CCN(CC)S(=O)(=O)c1cccc(-c2nnc(SCc3ccc(C(C)C)cc3)n2N)c1. The molecule has 3 rings (SSSR count). The van der Waals surface area contributed by atoms with Crippen LogP contribution >= 0.6 is 11.8 Å². The number of nitrogens with two attached hydrogens (primary N) is 1. The molecule has 3 aromatic rings. The van der Waals surface area contributed by atoms with E-state index in [1.54, 1.807) is 24.3 Å². The van der Waals surface area contributed by atoms with Crippen LogP contribution in [-0.4, -0.2) is 40.7 Å². The van der Waals surface area contributed by atoms with E-state index >= 15 is 0 Å². The minimum atomic E-state index is -3.56. The van der Waals surface area contributed by atoms with Crippen LogP contribution in [0.4, 0.5) is 0 Å². The second-order valence-corrected chi connectivity index (χ2v) is 10.4. The predicted octanol–water partition coefficient (Wildman–Crippen LogP) is 4.11. The Morgan fingerprint density at radius 1 is 1.06 bits per heavy atom. The van der Waals surface area contributed by atoms with Gasteiger partial charge in [0, 0.05) is 24.4 Å². The van der Waals surface area contributed by atoms with Crippen molar-refractivity contribution < 1.29 is 8.42 Å². The number of nitrogen functional groups attached to an aromatic ring is 1. The van der Waals surface area contributed by atoms with E-state index in [1.807, 2.05) is 13.8 Å². The zero-order valence-electron chi connectivity index (χ0n) is 18.3. The molecule has 0 radical (unpaired) electrons. The van der Waals surface area contributed by atoms with Gasteiger partial charge in [-0.3, -0.25) is 0 Å². The normalized spacial score (nSPS) is 12.1.